The first-order valence-electron chi connectivity index (χ1n) is 8.62. The zero-order valence-corrected chi connectivity index (χ0v) is 17.6. The highest BCUT2D eigenvalue weighted by molar-refractivity contribution is 7.99. The molecule has 0 saturated heterocycles. The average Bonchev–Trinajstić information content (AvgIpc) is 2.71. The molecule has 0 radical (unpaired) electrons. The molecule has 1 heterocycles. The van der Waals surface area contributed by atoms with Crippen molar-refractivity contribution in [1.29, 1.82) is 0 Å². The lowest BCUT2D eigenvalue weighted by Crippen LogP contribution is -2.19. The molecule has 0 aliphatic heterocycles. The van der Waals surface area contributed by atoms with Gasteiger partial charge in [-0.2, -0.15) is 13.5 Å². The van der Waals surface area contributed by atoms with E-state index < -0.39 is 14.9 Å². The minimum absolute atomic E-state index is 0.125. The predicted molar refractivity (Wildman–Crippen MR) is 113 cm³/mol. The highest BCUT2D eigenvalue weighted by Gasteiger charge is 2.18. The van der Waals surface area contributed by atoms with Crippen molar-refractivity contribution >= 4 is 33.7 Å². The lowest BCUT2D eigenvalue weighted by molar-refractivity contribution is -0.387. The lowest BCUT2D eigenvalue weighted by atomic mass is 10.2. The molecule has 0 amide bonds. The van der Waals surface area contributed by atoms with Crippen molar-refractivity contribution in [1.82, 2.24) is 14.8 Å². The third kappa shape index (κ3) is 5.19. The van der Waals surface area contributed by atoms with Crippen LogP contribution >= 0.6 is 11.8 Å². The summed E-state index contributed by atoms with van der Waals surface area (Å²) in [6.45, 7) is 3.48. The minimum Gasteiger partial charge on any atom is -0.258 e. The largest absolute Gasteiger partial charge is 0.283 e. The Morgan fingerprint density at radius 1 is 1.13 bits per heavy atom. The molecule has 0 spiro atoms. The number of hydrogen-bond donors (Lipinski definition) is 1. The van der Waals surface area contributed by atoms with Gasteiger partial charge in [-0.3, -0.25) is 10.1 Å². The van der Waals surface area contributed by atoms with Crippen LogP contribution in [0.15, 0.2) is 74.9 Å². The summed E-state index contributed by atoms with van der Waals surface area (Å²) in [7, 11) is -3.86. The molecule has 0 aliphatic carbocycles. The zero-order chi connectivity index (χ0) is 21.7. The number of aryl methyl sites for hydroxylation is 2. The molecule has 0 unspecified atom stereocenters. The third-order valence-corrected chi connectivity index (χ3v) is 6.27. The van der Waals surface area contributed by atoms with Gasteiger partial charge in [0.1, 0.15) is 0 Å². The summed E-state index contributed by atoms with van der Waals surface area (Å²) in [5.74, 6) is 0. The summed E-state index contributed by atoms with van der Waals surface area (Å²) in [4.78, 5) is 21.6. The molecule has 30 heavy (non-hydrogen) atoms. The number of rotatable bonds is 7. The maximum Gasteiger partial charge on any atom is 0.283 e. The van der Waals surface area contributed by atoms with Gasteiger partial charge in [-0.05, 0) is 54.9 Å². The van der Waals surface area contributed by atoms with E-state index in [-0.39, 0.29) is 10.6 Å². The quantitative estimate of drug-likeness (QED) is 0.256. The van der Waals surface area contributed by atoms with Crippen molar-refractivity contribution in [3.63, 3.8) is 0 Å². The molecule has 0 fully saturated rings. The summed E-state index contributed by atoms with van der Waals surface area (Å²) in [5, 5.41) is 15.6. The van der Waals surface area contributed by atoms with Crippen LogP contribution in [-0.4, -0.2) is 29.5 Å². The Morgan fingerprint density at radius 3 is 2.57 bits per heavy atom. The van der Waals surface area contributed by atoms with E-state index in [2.05, 4.69) is 19.9 Å². The van der Waals surface area contributed by atoms with Crippen molar-refractivity contribution < 1.29 is 13.3 Å². The van der Waals surface area contributed by atoms with Crippen LogP contribution in [0.4, 0.5) is 5.69 Å². The van der Waals surface area contributed by atoms with Gasteiger partial charge in [0.25, 0.3) is 15.7 Å². The number of hydrazone groups is 1. The van der Waals surface area contributed by atoms with Crippen LogP contribution < -0.4 is 4.83 Å². The van der Waals surface area contributed by atoms with E-state index in [0.29, 0.717) is 21.2 Å². The first kappa shape index (κ1) is 21.4. The summed E-state index contributed by atoms with van der Waals surface area (Å²) in [6.07, 6.45) is 4.30. The van der Waals surface area contributed by atoms with E-state index in [0.717, 1.165) is 17.3 Å². The molecule has 0 bridgehead atoms. The fourth-order valence-corrected chi connectivity index (χ4v) is 4.42. The number of nitrogens with one attached hydrogen (secondary N) is 1. The van der Waals surface area contributed by atoms with E-state index in [1.165, 1.54) is 12.3 Å². The van der Waals surface area contributed by atoms with Crippen molar-refractivity contribution in [2.45, 2.75) is 28.8 Å². The smallest absolute Gasteiger partial charge is 0.258 e. The van der Waals surface area contributed by atoms with Crippen molar-refractivity contribution in [3.05, 3.63) is 81.7 Å². The maximum absolute atomic E-state index is 12.5. The number of benzene rings is 2. The molecule has 154 valence electrons. The van der Waals surface area contributed by atoms with Crippen LogP contribution in [0.25, 0.3) is 0 Å². The van der Waals surface area contributed by atoms with Gasteiger partial charge in [0, 0.05) is 24.0 Å². The molecule has 0 aliphatic rings. The van der Waals surface area contributed by atoms with Crippen LogP contribution in [0.2, 0.25) is 0 Å². The average molecular weight is 444 g/mol. The van der Waals surface area contributed by atoms with Gasteiger partial charge in [-0.15, -0.1) is 0 Å². The Labute approximate surface area is 177 Å². The standard InChI is InChI=1S/C19H17N5O4S2/c1-13-4-5-14(2)18(10-13)30(27,28)23-22-12-15-6-7-17(16(11-15)24(25)26)29-19-20-8-3-9-21-19/h3-12,23H,1-2H3. The van der Waals surface area contributed by atoms with Gasteiger partial charge in [0.05, 0.1) is 20.9 Å². The zero-order valence-electron chi connectivity index (χ0n) is 16.0. The van der Waals surface area contributed by atoms with Crippen LogP contribution in [-0.2, 0) is 10.0 Å². The number of nitro groups is 1. The highest BCUT2D eigenvalue weighted by Crippen LogP contribution is 2.33. The van der Waals surface area contributed by atoms with E-state index >= 15 is 0 Å². The maximum atomic E-state index is 12.5. The number of nitro benzene ring substituents is 1. The topological polar surface area (TPSA) is 127 Å². The summed E-state index contributed by atoms with van der Waals surface area (Å²) >= 11 is 1.06. The molecule has 11 heteroatoms. The summed E-state index contributed by atoms with van der Waals surface area (Å²) < 4.78 is 25.0. The van der Waals surface area contributed by atoms with E-state index in [1.54, 1.807) is 56.6 Å². The van der Waals surface area contributed by atoms with Crippen LogP contribution in [0.1, 0.15) is 16.7 Å². The second kappa shape index (κ2) is 9.01. The molecule has 3 aromatic rings. The highest BCUT2D eigenvalue weighted by atomic mass is 32.2. The number of hydrogen-bond acceptors (Lipinski definition) is 8. The Bertz CT molecular complexity index is 1210. The Hall–Kier alpha value is -3.31. The van der Waals surface area contributed by atoms with E-state index in [1.807, 2.05) is 6.07 Å². The van der Waals surface area contributed by atoms with Gasteiger partial charge >= 0.3 is 0 Å². The molecule has 9 nitrogen and oxygen atoms in total. The van der Waals surface area contributed by atoms with Crippen LogP contribution in [0.3, 0.4) is 0 Å². The Balaban J connectivity index is 1.81. The second-order valence-electron chi connectivity index (χ2n) is 6.24. The van der Waals surface area contributed by atoms with Gasteiger partial charge in [-0.25, -0.2) is 14.8 Å². The first-order valence-corrected chi connectivity index (χ1v) is 10.9. The van der Waals surface area contributed by atoms with Gasteiger partial charge in [0.2, 0.25) is 0 Å². The van der Waals surface area contributed by atoms with E-state index in [4.69, 9.17) is 0 Å². The van der Waals surface area contributed by atoms with Gasteiger partial charge in [0.15, 0.2) is 5.16 Å². The van der Waals surface area contributed by atoms with Crippen LogP contribution in [0.5, 0.6) is 0 Å². The molecule has 1 N–H and O–H groups in total. The number of nitrogens with zero attached hydrogens (tertiary/aromatic N) is 4. The van der Waals surface area contributed by atoms with Crippen molar-refractivity contribution in [2.24, 2.45) is 5.10 Å². The van der Waals surface area contributed by atoms with Gasteiger partial charge < -0.3 is 0 Å². The summed E-state index contributed by atoms with van der Waals surface area (Å²) in [5.41, 5.74) is 1.59. The van der Waals surface area contributed by atoms with Crippen LogP contribution in [0, 0.1) is 24.0 Å². The molecule has 0 saturated carbocycles. The Kier molecular flexibility index (Phi) is 6.43. The van der Waals surface area contributed by atoms with Crippen molar-refractivity contribution in [2.75, 3.05) is 0 Å². The number of sulfonamides is 1. The molecule has 2 aromatic carbocycles. The number of aromatic nitrogens is 2. The second-order valence-corrected chi connectivity index (χ2v) is 8.88. The van der Waals surface area contributed by atoms with Gasteiger partial charge in [-0.1, -0.05) is 18.2 Å². The fraction of sp³-hybridized carbons (Fsp3) is 0.105. The molecule has 1 aromatic heterocycles. The summed E-state index contributed by atoms with van der Waals surface area (Å²) in [6, 6.07) is 11.2. The minimum atomic E-state index is -3.86. The normalized spacial score (nSPS) is 11.5. The lowest BCUT2D eigenvalue weighted by Gasteiger charge is -2.07. The Morgan fingerprint density at radius 2 is 1.87 bits per heavy atom. The molecular weight excluding hydrogens is 426 g/mol. The molecule has 0 atom stereocenters. The SMILES string of the molecule is Cc1ccc(C)c(S(=O)(=O)NN=Cc2ccc(Sc3ncccn3)c([N+](=O)[O-])c2)c1. The first-order chi connectivity index (χ1) is 14.3. The monoisotopic (exact) mass is 443 g/mol. The van der Waals surface area contributed by atoms with Crippen molar-refractivity contribution in [3.8, 4) is 0 Å². The molecule has 3 rings (SSSR count). The third-order valence-electron chi connectivity index (χ3n) is 3.94. The predicted octanol–water partition coefficient (Wildman–Crippen LogP) is 3.47. The fourth-order valence-electron chi connectivity index (χ4n) is 2.50. The molecular formula is C19H17N5O4S2. The van der Waals surface area contributed by atoms with E-state index in [9.17, 15) is 18.5 Å².